The summed E-state index contributed by atoms with van der Waals surface area (Å²) < 4.78 is 22.3. The lowest BCUT2D eigenvalue weighted by atomic mass is 10.1. The van der Waals surface area contributed by atoms with Gasteiger partial charge < -0.3 is 10.6 Å². The molecule has 0 aliphatic carbocycles. The number of guanidine groups is 1. The average Bonchev–Trinajstić information content (AvgIpc) is 2.44. The zero-order valence-electron chi connectivity index (χ0n) is 13.6. The topological polar surface area (TPSA) is 70.6 Å². The third kappa shape index (κ3) is 7.17. The first-order chi connectivity index (χ1) is 10.4. The van der Waals surface area contributed by atoms with Crippen LogP contribution in [0.4, 0.5) is 0 Å². The number of sulfone groups is 1. The minimum absolute atomic E-state index is 0.0952. The number of rotatable bonds is 7. The van der Waals surface area contributed by atoms with Crippen molar-refractivity contribution < 1.29 is 8.42 Å². The van der Waals surface area contributed by atoms with Gasteiger partial charge in [-0.15, -0.1) is 11.8 Å². The lowest BCUT2D eigenvalue weighted by molar-refractivity contribution is 0.600. The molecule has 5 nitrogen and oxygen atoms in total. The Balaban J connectivity index is 2.73. The largest absolute Gasteiger partial charge is 0.357 e. The summed E-state index contributed by atoms with van der Waals surface area (Å²) in [4.78, 5) is 5.75. The number of thioether (sulfide) groups is 1. The molecular formula is C15H25N3O2S2. The van der Waals surface area contributed by atoms with Crippen LogP contribution in [0.5, 0.6) is 0 Å². The second-order valence-electron chi connectivity index (χ2n) is 5.07. The van der Waals surface area contributed by atoms with Crippen LogP contribution in [0.1, 0.15) is 18.1 Å². The molecule has 0 saturated heterocycles. The van der Waals surface area contributed by atoms with Gasteiger partial charge >= 0.3 is 0 Å². The van der Waals surface area contributed by atoms with Crippen LogP contribution in [0.25, 0.3) is 0 Å². The molecule has 7 heteroatoms. The highest BCUT2D eigenvalue weighted by Crippen LogP contribution is 2.22. The van der Waals surface area contributed by atoms with Crippen molar-refractivity contribution in [3.63, 3.8) is 0 Å². The molecule has 0 heterocycles. The quantitative estimate of drug-likeness (QED) is 0.449. The van der Waals surface area contributed by atoms with Crippen LogP contribution in [0, 0.1) is 6.92 Å². The highest BCUT2D eigenvalue weighted by atomic mass is 32.2. The number of aliphatic imine (C=N–C) groups is 1. The first-order valence-corrected chi connectivity index (χ1v) is 10.5. The van der Waals surface area contributed by atoms with Gasteiger partial charge in [-0.2, -0.15) is 0 Å². The van der Waals surface area contributed by atoms with E-state index in [-0.39, 0.29) is 5.75 Å². The fourth-order valence-corrected chi connectivity index (χ4v) is 3.01. The zero-order chi connectivity index (χ0) is 16.6. The number of nitrogens with zero attached hydrogens (tertiary/aromatic N) is 1. The molecule has 0 spiro atoms. The van der Waals surface area contributed by atoms with Crippen molar-refractivity contribution in [2.45, 2.75) is 25.3 Å². The summed E-state index contributed by atoms with van der Waals surface area (Å²) in [6.07, 6.45) is 3.29. The number of benzene rings is 1. The van der Waals surface area contributed by atoms with Gasteiger partial charge in [-0.3, -0.25) is 0 Å². The minimum Gasteiger partial charge on any atom is -0.357 e. The maximum absolute atomic E-state index is 11.2. The van der Waals surface area contributed by atoms with Gasteiger partial charge in [0.05, 0.1) is 12.3 Å². The highest BCUT2D eigenvalue weighted by molar-refractivity contribution is 7.98. The van der Waals surface area contributed by atoms with E-state index in [1.807, 2.05) is 6.92 Å². The van der Waals surface area contributed by atoms with Crippen molar-refractivity contribution in [3.05, 3.63) is 29.3 Å². The molecule has 0 fully saturated rings. The summed E-state index contributed by atoms with van der Waals surface area (Å²) in [7, 11) is -2.97. The van der Waals surface area contributed by atoms with E-state index < -0.39 is 9.84 Å². The summed E-state index contributed by atoms with van der Waals surface area (Å²) in [5, 5.41) is 6.17. The maximum atomic E-state index is 11.2. The second kappa shape index (κ2) is 9.05. The zero-order valence-corrected chi connectivity index (χ0v) is 15.3. The molecule has 0 atom stereocenters. The standard InChI is InChI=1S/C15H25N3O2S2/c1-5-16-15(17-8-9-22(4,19)20)18-11-13-7-6-12(2)10-14(13)21-3/h6-7,10H,5,8-9,11H2,1-4H3,(H2,16,17,18). The summed E-state index contributed by atoms with van der Waals surface area (Å²) >= 11 is 1.71. The molecule has 1 aromatic rings. The Hall–Kier alpha value is -1.21. The molecule has 0 amide bonds. The number of hydrogen-bond donors (Lipinski definition) is 2. The van der Waals surface area contributed by atoms with Crippen LogP contribution in [0.15, 0.2) is 28.1 Å². The minimum atomic E-state index is -2.97. The van der Waals surface area contributed by atoms with E-state index in [0.717, 1.165) is 6.54 Å². The highest BCUT2D eigenvalue weighted by Gasteiger charge is 2.05. The Bertz CT molecular complexity index is 613. The summed E-state index contributed by atoms with van der Waals surface area (Å²) in [6, 6.07) is 6.32. The summed E-state index contributed by atoms with van der Waals surface area (Å²) in [5.74, 6) is 0.733. The molecule has 1 aromatic carbocycles. The van der Waals surface area contributed by atoms with Gasteiger partial charge in [0.25, 0.3) is 0 Å². The van der Waals surface area contributed by atoms with E-state index in [4.69, 9.17) is 0 Å². The fraction of sp³-hybridized carbons (Fsp3) is 0.533. The van der Waals surface area contributed by atoms with Crippen molar-refractivity contribution in [1.29, 1.82) is 0 Å². The predicted molar refractivity (Wildman–Crippen MR) is 95.5 cm³/mol. The van der Waals surface area contributed by atoms with Gasteiger partial charge in [0.15, 0.2) is 5.96 Å². The lowest BCUT2D eigenvalue weighted by Crippen LogP contribution is -2.39. The molecule has 0 aliphatic rings. The second-order valence-corrected chi connectivity index (χ2v) is 8.17. The van der Waals surface area contributed by atoms with Gasteiger partial charge in [0.1, 0.15) is 9.84 Å². The summed E-state index contributed by atoms with van der Waals surface area (Å²) in [5.41, 5.74) is 2.40. The van der Waals surface area contributed by atoms with Crippen LogP contribution in [0.2, 0.25) is 0 Å². The van der Waals surface area contributed by atoms with E-state index in [1.54, 1.807) is 11.8 Å². The number of aryl methyl sites for hydroxylation is 1. The first-order valence-electron chi connectivity index (χ1n) is 7.19. The van der Waals surface area contributed by atoms with Crippen molar-refractivity contribution in [2.75, 3.05) is 31.4 Å². The molecular weight excluding hydrogens is 318 g/mol. The monoisotopic (exact) mass is 343 g/mol. The van der Waals surface area contributed by atoms with Crippen LogP contribution in [0.3, 0.4) is 0 Å². The van der Waals surface area contributed by atoms with E-state index in [2.05, 4.69) is 47.0 Å². The number of hydrogen-bond acceptors (Lipinski definition) is 4. The van der Waals surface area contributed by atoms with Crippen molar-refractivity contribution in [2.24, 2.45) is 4.99 Å². The molecule has 22 heavy (non-hydrogen) atoms. The Morgan fingerprint density at radius 3 is 2.64 bits per heavy atom. The smallest absolute Gasteiger partial charge is 0.191 e. The van der Waals surface area contributed by atoms with Crippen LogP contribution in [-0.4, -0.2) is 45.7 Å². The van der Waals surface area contributed by atoms with Crippen LogP contribution >= 0.6 is 11.8 Å². The van der Waals surface area contributed by atoms with E-state index in [0.29, 0.717) is 19.0 Å². The van der Waals surface area contributed by atoms with E-state index >= 15 is 0 Å². The summed E-state index contributed by atoms with van der Waals surface area (Å²) in [6.45, 7) is 5.70. The molecule has 0 aliphatic heterocycles. The Labute approximate surface area is 137 Å². The van der Waals surface area contributed by atoms with E-state index in [9.17, 15) is 8.42 Å². The molecule has 0 unspecified atom stereocenters. The molecule has 0 bridgehead atoms. The first kappa shape index (κ1) is 18.8. The van der Waals surface area contributed by atoms with Gasteiger partial charge in [0, 0.05) is 24.2 Å². The van der Waals surface area contributed by atoms with E-state index in [1.165, 1.54) is 22.3 Å². The molecule has 124 valence electrons. The van der Waals surface area contributed by atoms with Gasteiger partial charge in [-0.25, -0.2) is 13.4 Å². The Kier molecular flexibility index (Phi) is 7.75. The Morgan fingerprint density at radius 1 is 1.32 bits per heavy atom. The molecule has 0 radical (unpaired) electrons. The predicted octanol–water partition coefficient (Wildman–Crippen LogP) is 1.82. The third-order valence-corrected chi connectivity index (χ3v) is 4.73. The SMILES string of the molecule is CCNC(=NCc1ccc(C)cc1SC)NCCS(C)(=O)=O. The third-order valence-electron chi connectivity index (χ3n) is 2.96. The van der Waals surface area contributed by atoms with Crippen molar-refractivity contribution >= 4 is 27.6 Å². The fourth-order valence-electron chi connectivity index (χ4n) is 1.84. The van der Waals surface area contributed by atoms with Crippen LogP contribution < -0.4 is 10.6 Å². The van der Waals surface area contributed by atoms with Gasteiger partial charge in [-0.05, 0) is 37.3 Å². The molecule has 0 aromatic heterocycles. The van der Waals surface area contributed by atoms with Crippen molar-refractivity contribution in [3.8, 4) is 0 Å². The lowest BCUT2D eigenvalue weighted by Gasteiger charge is -2.12. The maximum Gasteiger partial charge on any atom is 0.191 e. The van der Waals surface area contributed by atoms with Crippen LogP contribution in [-0.2, 0) is 16.4 Å². The normalized spacial score (nSPS) is 12.3. The Morgan fingerprint density at radius 2 is 2.05 bits per heavy atom. The van der Waals surface area contributed by atoms with Crippen molar-refractivity contribution in [1.82, 2.24) is 10.6 Å². The van der Waals surface area contributed by atoms with Gasteiger partial charge in [0.2, 0.25) is 0 Å². The average molecular weight is 344 g/mol. The molecule has 1 rings (SSSR count). The molecule has 0 saturated carbocycles. The number of nitrogens with one attached hydrogen (secondary N) is 2. The van der Waals surface area contributed by atoms with Gasteiger partial charge in [-0.1, -0.05) is 12.1 Å². The molecule has 2 N–H and O–H groups in total.